The molecule has 1 saturated carbocycles. The largest absolute Gasteiger partial charge is 0.310 e. The predicted octanol–water partition coefficient (Wildman–Crippen LogP) is 2.03. The van der Waals surface area contributed by atoms with E-state index in [9.17, 15) is 4.39 Å². The molecule has 1 aliphatic carbocycles. The molecule has 64 valence electrons. The minimum atomic E-state index is -0.161. The van der Waals surface area contributed by atoms with E-state index >= 15 is 0 Å². The highest BCUT2D eigenvalue weighted by atomic mass is 19.1. The van der Waals surface area contributed by atoms with Gasteiger partial charge in [0.2, 0.25) is 0 Å². The molecule has 0 unspecified atom stereocenters. The van der Waals surface area contributed by atoms with Crippen LogP contribution < -0.4 is 5.32 Å². The molecule has 1 aromatic rings. The Kier molecular flexibility index (Phi) is 1.65. The van der Waals surface area contributed by atoms with Gasteiger partial charge in [-0.1, -0.05) is 12.1 Å². The lowest BCUT2D eigenvalue weighted by Gasteiger charge is -2.13. The minimum Gasteiger partial charge on any atom is -0.310 e. The zero-order chi connectivity index (χ0) is 8.60. The van der Waals surface area contributed by atoms with Gasteiger partial charge in [0, 0.05) is 5.54 Å². The number of rotatable bonds is 2. The molecule has 0 saturated heterocycles. The molecule has 0 amide bonds. The summed E-state index contributed by atoms with van der Waals surface area (Å²) in [6.07, 6.45) is 2.32. The molecule has 1 aliphatic rings. The van der Waals surface area contributed by atoms with Crippen LogP contribution in [0.3, 0.4) is 0 Å². The van der Waals surface area contributed by atoms with E-state index in [2.05, 4.69) is 5.32 Å². The van der Waals surface area contributed by atoms with E-state index in [-0.39, 0.29) is 11.4 Å². The number of nitrogens with one attached hydrogen (secondary N) is 1. The summed E-state index contributed by atoms with van der Waals surface area (Å²) in [4.78, 5) is 0. The van der Waals surface area contributed by atoms with Gasteiger partial charge in [-0.3, -0.25) is 0 Å². The molecule has 12 heavy (non-hydrogen) atoms. The van der Waals surface area contributed by atoms with Crippen molar-refractivity contribution >= 4 is 0 Å². The Morgan fingerprint density at radius 1 is 1.25 bits per heavy atom. The highest BCUT2D eigenvalue weighted by Crippen LogP contribution is 2.44. The monoisotopic (exact) mass is 165 g/mol. The Bertz CT molecular complexity index is 274. The van der Waals surface area contributed by atoms with Crippen LogP contribution in [0.1, 0.15) is 18.4 Å². The molecular formula is C10H12FN. The van der Waals surface area contributed by atoms with Gasteiger partial charge in [0.1, 0.15) is 5.82 Å². The van der Waals surface area contributed by atoms with E-state index in [0.717, 1.165) is 12.8 Å². The molecule has 1 fully saturated rings. The van der Waals surface area contributed by atoms with Crippen LogP contribution in [0.4, 0.5) is 4.39 Å². The summed E-state index contributed by atoms with van der Waals surface area (Å²) in [6.45, 7) is 0. The maximum Gasteiger partial charge on any atom is 0.123 e. The second kappa shape index (κ2) is 2.56. The average molecular weight is 165 g/mol. The van der Waals surface area contributed by atoms with Crippen molar-refractivity contribution in [3.05, 3.63) is 35.6 Å². The van der Waals surface area contributed by atoms with Gasteiger partial charge in [-0.05, 0) is 37.6 Å². The third kappa shape index (κ3) is 1.12. The lowest BCUT2D eigenvalue weighted by atomic mass is 10.1. The van der Waals surface area contributed by atoms with E-state index in [1.165, 1.54) is 17.7 Å². The molecule has 0 aliphatic heterocycles. The Balaban J connectivity index is 2.29. The fourth-order valence-electron chi connectivity index (χ4n) is 1.58. The molecule has 0 spiro atoms. The average Bonchev–Trinajstić information content (AvgIpc) is 2.86. The second-order valence-corrected chi connectivity index (χ2v) is 3.34. The van der Waals surface area contributed by atoms with Crippen LogP contribution in [-0.2, 0) is 5.54 Å². The van der Waals surface area contributed by atoms with Gasteiger partial charge < -0.3 is 5.32 Å². The normalized spacial score (nSPS) is 19.2. The van der Waals surface area contributed by atoms with Gasteiger partial charge >= 0.3 is 0 Å². The number of hydrogen-bond donors (Lipinski definition) is 1. The number of benzene rings is 1. The second-order valence-electron chi connectivity index (χ2n) is 3.34. The predicted molar refractivity (Wildman–Crippen MR) is 46.4 cm³/mol. The minimum absolute atomic E-state index is 0.160. The van der Waals surface area contributed by atoms with E-state index in [0.29, 0.717) is 0 Å². The molecule has 2 heteroatoms. The van der Waals surface area contributed by atoms with Gasteiger partial charge in [-0.25, -0.2) is 4.39 Å². The third-order valence-electron chi connectivity index (χ3n) is 2.63. The van der Waals surface area contributed by atoms with Crippen LogP contribution in [0.25, 0.3) is 0 Å². The van der Waals surface area contributed by atoms with Crippen molar-refractivity contribution in [3.63, 3.8) is 0 Å². The third-order valence-corrected chi connectivity index (χ3v) is 2.63. The fraction of sp³-hybridized carbons (Fsp3) is 0.400. The molecule has 0 radical (unpaired) electrons. The quantitative estimate of drug-likeness (QED) is 0.707. The maximum absolute atomic E-state index is 12.6. The van der Waals surface area contributed by atoms with Crippen LogP contribution in [-0.4, -0.2) is 7.05 Å². The lowest BCUT2D eigenvalue weighted by molar-refractivity contribution is 0.580. The lowest BCUT2D eigenvalue weighted by Crippen LogP contribution is -2.24. The molecule has 2 rings (SSSR count). The first-order valence-corrected chi connectivity index (χ1v) is 4.22. The summed E-state index contributed by atoms with van der Waals surface area (Å²) < 4.78 is 12.6. The molecule has 1 nitrogen and oxygen atoms in total. The summed E-state index contributed by atoms with van der Waals surface area (Å²) in [5.74, 6) is -0.161. The topological polar surface area (TPSA) is 12.0 Å². The summed E-state index contributed by atoms with van der Waals surface area (Å²) in [6, 6.07) is 6.76. The Morgan fingerprint density at radius 2 is 1.83 bits per heavy atom. The highest BCUT2D eigenvalue weighted by molar-refractivity contribution is 5.30. The summed E-state index contributed by atoms with van der Waals surface area (Å²) in [5, 5.41) is 3.27. The van der Waals surface area contributed by atoms with E-state index < -0.39 is 0 Å². The van der Waals surface area contributed by atoms with Crippen LogP contribution in [0, 0.1) is 5.82 Å². The van der Waals surface area contributed by atoms with Crippen molar-refractivity contribution in [3.8, 4) is 0 Å². The molecule has 0 bridgehead atoms. The molecule has 1 aromatic carbocycles. The van der Waals surface area contributed by atoms with Crippen LogP contribution >= 0.6 is 0 Å². The fourth-order valence-corrected chi connectivity index (χ4v) is 1.58. The van der Waals surface area contributed by atoms with Gasteiger partial charge in [0.05, 0.1) is 0 Å². The summed E-state index contributed by atoms with van der Waals surface area (Å²) in [7, 11) is 1.95. The highest BCUT2D eigenvalue weighted by Gasteiger charge is 2.42. The van der Waals surface area contributed by atoms with Crippen molar-refractivity contribution in [2.45, 2.75) is 18.4 Å². The van der Waals surface area contributed by atoms with Gasteiger partial charge in [0.15, 0.2) is 0 Å². The molecule has 0 heterocycles. The van der Waals surface area contributed by atoms with E-state index in [1.54, 1.807) is 0 Å². The zero-order valence-electron chi connectivity index (χ0n) is 7.10. The van der Waals surface area contributed by atoms with E-state index in [4.69, 9.17) is 0 Å². The molecule has 0 aromatic heterocycles. The molecule has 1 N–H and O–H groups in total. The maximum atomic E-state index is 12.6. The molecular weight excluding hydrogens is 153 g/mol. The SMILES string of the molecule is CNC1(c2ccc(F)cc2)CC1. The first-order valence-electron chi connectivity index (χ1n) is 4.22. The van der Waals surface area contributed by atoms with Crippen molar-refractivity contribution in [1.82, 2.24) is 5.32 Å². The van der Waals surface area contributed by atoms with Crippen molar-refractivity contribution in [2.24, 2.45) is 0 Å². The number of halogens is 1. The van der Waals surface area contributed by atoms with Crippen molar-refractivity contribution < 1.29 is 4.39 Å². The van der Waals surface area contributed by atoms with Gasteiger partial charge in [-0.15, -0.1) is 0 Å². The van der Waals surface area contributed by atoms with Crippen LogP contribution in [0.15, 0.2) is 24.3 Å². The Hall–Kier alpha value is -0.890. The summed E-state index contributed by atoms with van der Waals surface area (Å²) in [5.41, 5.74) is 1.36. The Morgan fingerprint density at radius 3 is 2.25 bits per heavy atom. The Labute approximate surface area is 71.6 Å². The first kappa shape index (κ1) is 7.74. The van der Waals surface area contributed by atoms with Gasteiger partial charge in [-0.2, -0.15) is 0 Å². The number of hydrogen-bond acceptors (Lipinski definition) is 1. The zero-order valence-corrected chi connectivity index (χ0v) is 7.10. The van der Waals surface area contributed by atoms with E-state index in [1.807, 2.05) is 19.2 Å². The summed E-state index contributed by atoms with van der Waals surface area (Å²) >= 11 is 0. The standard InChI is InChI=1S/C10H12FN/c1-12-10(6-7-10)8-2-4-9(11)5-3-8/h2-5,12H,6-7H2,1H3. The molecule has 0 atom stereocenters. The first-order chi connectivity index (χ1) is 5.77. The van der Waals surface area contributed by atoms with Crippen molar-refractivity contribution in [1.29, 1.82) is 0 Å². The van der Waals surface area contributed by atoms with Crippen LogP contribution in [0.5, 0.6) is 0 Å². The van der Waals surface area contributed by atoms with Gasteiger partial charge in [0.25, 0.3) is 0 Å². The van der Waals surface area contributed by atoms with Crippen molar-refractivity contribution in [2.75, 3.05) is 7.05 Å². The van der Waals surface area contributed by atoms with Crippen LogP contribution in [0.2, 0.25) is 0 Å². The smallest absolute Gasteiger partial charge is 0.123 e.